The fourth-order valence-corrected chi connectivity index (χ4v) is 7.19. The number of carbonyl (C=O) groups excluding carboxylic acids is 1. The molecule has 1 unspecified atom stereocenters. The zero-order valence-electron chi connectivity index (χ0n) is 22.7. The number of carbonyl (C=O) groups is 1. The Morgan fingerprint density at radius 2 is 1.82 bits per heavy atom. The van der Waals surface area contributed by atoms with Crippen LogP contribution in [0.25, 0.3) is 10.2 Å². The van der Waals surface area contributed by atoms with Crippen molar-refractivity contribution in [3.05, 3.63) is 83.9 Å². The second kappa shape index (κ2) is 12.5. The summed E-state index contributed by atoms with van der Waals surface area (Å²) in [6.45, 7) is 5.89. The molecule has 10 heteroatoms. The number of amides is 1. The number of sulfonamides is 1. The van der Waals surface area contributed by atoms with E-state index < -0.39 is 10.0 Å². The van der Waals surface area contributed by atoms with E-state index in [-0.39, 0.29) is 23.5 Å². The second-order valence-corrected chi connectivity index (χ2v) is 12.5. The Bertz CT molecular complexity index is 1550. The summed E-state index contributed by atoms with van der Waals surface area (Å²) < 4.78 is 40.8. The summed E-state index contributed by atoms with van der Waals surface area (Å²) in [6.07, 6.45) is 1.73. The van der Waals surface area contributed by atoms with Crippen LogP contribution in [-0.4, -0.2) is 56.0 Å². The Morgan fingerprint density at radius 1 is 1.05 bits per heavy atom. The van der Waals surface area contributed by atoms with Gasteiger partial charge in [0.2, 0.25) is 10.0 Å². The van der Waals surface area contributed by atoms with Gasteiger partial charge in [0.25, 0.3) is 5.91 Å². The van der Waals surface area contributed by atoms with Crippen LogP contribution in [0, 0.1) is 0 Å². The van der Waals surface area contributed by atoms with Gasteiger partial charge >= 0.3 is 0 Å². The monoisotopic (exact) mass is 579 g/mol. The van der Waals surface area contributed by atoms with E-state index in [0.29, 0.717) is 48.3 Å². The van der Waals surface area contributed by atoms with E-state index in [0.717, 1.165) is 23.1 Å². The molecule has 2 heterocycles. The third-order valence-corrected chi connectivity index (χ3v) is 9.83. The number of hydrogen-bond acceptors (Lipinski definition) is 7. The van der Waals surface area contributed by atoms with Gasteiger partial charge in [-0.1, -0.05) is 54.7 Å². The van der Waals surface area contributed by atoms with E-state index >= 15 is 0 Å². The van der Waals surface area contributed by atoms with Crippen LogP contribution in [-0.2, 0) is 21.3 Å². The summed E-state index contributed by atoms with van der Waals surface area (Å²) in [5.41, 5.74) is 2.01. The van der Waals surface area contributed by atoms with Crippen LogP contribution >= 0.6 is 11.3 Å². The van der Waals surface area contributed by atoms with E-state index in [9.17, 15) is 13.2 Å². The van der Waals surface area contributed by atoms with Crippen LogP contribution in [0.4, 0.5) is 5.13 Å². The molecule has 0 aliphatic carbocycles. The van der Waals surface area contributed by atoms with Gasteiger partial charge < -0.3 is 9.47 Å². The highest BCUT2D eigenvalue weighted by molar-refractivity contribution is 7.89. The minimum atomic E-state index is -3.75. The van der Waals surface area contributed by atoms with E-state index in [1.165, 1.54) is 27.8 Å². The lowest BCUT2D eigenvalue weighted by atomic mass is 10.2. The number of aromatic nitrogens is 1. The van der Waals surface area contributed by atoms with Crippen molar-refractivity contribution in [3.63, 3.8) is 0 Å². The van der Waals surface area contributed by atoms with Crippen molar-refractivity contribution in [3.8, 4) is 5.75 Å². The molecule has 210 valence electrons. The van der Waals surface area contributed by atoms with Gasteiger partial charge in [-0.2, -0.15) is 4.31 Å². The number of fused-ring (bicyclic) bond motifs is 1. The first-order valence-corrected chi connectivity index (χ1v) is 15.8. The smallest absolute Gasteiger partial charge is 0.260 e. The number of thiazole rings is 1. The molecule has 0 saturated carbocycles. The number of rotatable bonds is 11. The predicted octanol–water partition coefficient (Wildman–Crippen LogP) is 5.73. The molecular weight excluding hydrogens is 546 g/mol. The molecule has 0 bridgehead atoms. The average molecular weight is 580 g/mol. The molecular formula is C30H33N3O5S2. The summed E-state index contributed by atoms with van der Waals surface area (Å²) >= 11 is 1.42. The first kappa shape index (κ1) is 28.2. The van der Waals surface area contributed by atoms with Crippen molar-refractivity contribution in [2.45, 2.75) is 44.2 Å². The summed E-state index contributed by atoms with van der Waals surface area (Å²) in [5, 5.41) is 0.555. The maximum Gasteiger partial charge on any atom is 0.260 e. The minimum Gasteiger partial charge on any atom is -0.492 e. The van der Waals surface area contributed by atoms with E-state index in [1.54, 1.807) is 17.0 Å². The Hall–Kier alpha value is -3.31. The van der Waals surface area contributed by atoms with Crippen molar-refractivity contribution >= 4 is 42.6 Å². The largest absolute Gasteiger partial charge is 0.492 e. The summed E-state index contributed by atoms with van der Waals surface area (Å²) in [4.78, 5) is 20.4. The minimum absolute atomic E-state index is 0.0851. The highest BCUT2D eigenvalue weighted by Gasteiger charge is 2.29. The van der Waals surface area contributed by atoms with Crippen molar-refractivity contribution in [1.82, 2.24) is 9.29 Å². The molecule has 1 saturated heterocycles. The number of para-hydroxylation sites is 1. The van der Waals surface area contributed by atoms with E-state index in [4.69, 9.17) is 14.5 Å². The lowest BCUT2D eigenvalue weighted by Crippen LogP contribution is -2.37. The van der Waals surface area contributed by atoms with E-state index in [2.05, 4.69) is 0 Å². The van der Waals surface area contributed by atoms with Crippen LogP contribution in [0.15, 0.2) is 77.7 Å². The van der Waals surface area contributed by atoms with Crippen LogP contribution in [0.1, 0.15) is 42.6 Å². The molecule has 1 fully saturated rings. The number of benzene rings is 3. The van der Waals surface area contributed by atoms with Crippen LogP contribution in [0.2, 0.25) is 0 Å². The van der Waals surface area contributed by atoms with Gasteiger partial charge in [-0.25, -0.2) is 13.4 Å². The van der Waals surface area contributed by atoms with E-state index in [1.807, 2.05) is 62.4 Å². The van der Waals surface area contributed by atoms with Gasteiger partial charge in [0.1, 0.15) is 11.3 Å². The zero-order valence-corrected chi connectivity index (χ0v) is 24.3. The average Bonchev–Trinajstić information content (AvgIpc) is 3.65. The molecule has 40 heavy (non-hydrogen) atoms. The van der Waals surface area contributed by atoms with Crippen molar-refractivity contribution < 1.29 is 22.7 Å². The molecule has 8 nitrogen and oxygen atoms in total. The maximum atomic E-state index is 13.9. The van der Waals surface area contributed by atoms with Crippen molar-refractivity contribution in [1.29, 1.82) is 0 Å². The standard InChI is InChI=1S/C30H33N3O5S2/c1-3-32(20-22-10-6-5-7-11-22)40(35,36)25-17-15-23(16-18-25)29(34)33(21-24-12-9-19-38-24)30-31-28-26(37-4-2)13-8-14-27(28)39-30/h5-8,10-11,13-18,24H,3-4,9,12,19-21H2,1-2H3. The first-order valence-electron chi connectivity index (χ1n) is 13.5. The third kappa shape index (κ3) is 6.05. The van der Waals surface area contributed by atoms with Gasteiger partial charge in [-0.05, 0) is 61.7 Å². The fourth-order valence-electron chi connectivity index (χ4n) is 4.77. The van der Waals surface area contributed by atoms with Crippen LogP contribution < -0.4 is 9.64 Å². The van der Waals surface area contributed by atoms with Gasteiger partial charge in [0.15, 0.2) is 5.13 Å². The quantitative estimate of drug-likeness (QED) is 0.225. The number of hydrogen-bond donors (Lipinski definition) is 0. The predicted molar refractivity (Wildman–Crippen MR) is 158 cm³/mol. The number of anilines is 1. The molecule has 1 amide bonds. The molecule has 1 aliphatic rings. The Balaban J connectivity index is 1.42. The van der Waals surface area contributed by atoms with Crippen LogP contribution in [0.5, 0.6) is 5.75 Å². The highest BCUT2D eigenvalue weighted by Crippen LogP contribution is 2.35. The molecule has 1 aromatic heterocycles. The molecule has 0 spiro atoms. The first-order chi connectivity index (χ1) is 19.4. The Labute approximate surface area is 239 Å². The fraction of sp³-hybridized carbons (Fsp3) is 0.333. The summed E-state index contributed by atoms with van der Waals surface area (Å²) in [5.74, 6) is 0.422. The molecule has 1 aliphatic heterocycles. The van der Waals surface area contributed by atoms with Crippen molar-refractivity contribution in [2.75, 3.05) is 31.2 Å². The van der Waals surface area contributed by atoms with Gasteiger partial charge in [0, 0.05) is 25.3 Å². The lowest BCUT2D eigenvalue weighted by Gasteiger charge is -2.23. The SMILES string of the molecule is CCOc1cccc2sc(N(CC3CCCO3)C(=O)c3ccc(S(=O)(=O)N(CC)Cc4ccccc4)cc3)nc12. The maximum absolute atomic E-state index is 13.9. The van der Waals surface area contributed by atoms with Crippen LogP contribution in [0.3, 0.4) is 0 Å². The number of nitrogens with zero attached hydrogens (tertiary/aromatic N) is 3. The van der Waals surface area contributed by atoms with Gasteiger partial charge in [-0.3, -0.25) is 9.69 Å². The normalized spacial score (nSPS) is 15.5. The molecule has 5 rings (SSSR count). The Kier molecular flexibility index (Phi) is 8.80. The topological polar surface area (TPSA) is 89.0 Å². The summed E-state index contributed by atoms with van der Waals surface area (Å²) in [7, 11) is -3.75. The molecule has 4 aromatic rings. The second-order valence-electron chi connectivity index (χ2n) is 9.52. The Morgan fingerprint density at radius 3 is 2.50 bits per heavy atom. The lowest BCUT2D eigenvalue weighted by molar-refractivity contribution is 0.0917. The third-order valence-electron chi connectivity index (χ3n) is 6.85. The zero-order chi connectivity index (χ0) is 28.1. The summed E-state index contributed by atoms with van der Waals surface area (Å²) in [6, 6.07) is 21.4. The van der Waals surface area contributed by atoms with Crippen molar-refractivity contribution in [2.24, 2.45) is 0 Å². The number of ether oxygens (including phenoxy) is 2. The molecule has 0 N–H and O–H groups in total. The van der Waals surface area contributed by atoms with Gasteiger partial charge in [-0.15, -0.1) is 0 Å². The van der Waals surface area contributed by atoms with Gasteiger partial charge in [0.05, 0.1) is 28.9 Å². The highest BCUT2D eigenvalue weighted by atomic mass is 32.2. The molecule has 1 atom stereocenters. The molecule has 0 radical (unpaired) electrons. The molecule has 3 aromatic carbocycles.